The molecule has 0 aliphatic carbocycles. The largest absolute Gasteiger partial charge is 0.376 e. The molecule has 0 radical (unpaired) electrons. The first kappa shape index (κ1) is 18.1. The molecule has 2 rings (SSSR count). The molecule has 0 unspecified atom stereocenters. The first-order valence-electron chi connectivity index (χ1n) is 7.93. The molecule has 1 aromatic carbocycles. The summed E-state index contributed by atoms with van der Waals surface area (Å²) in [6.45, 7) is 5.93. The number of hydrogen-bond acceptors (Lipinski definition) is 4. The van der Waals surface area contributed by atoms with E-state index < -0.39 is 10.0 Å². The van der Waals surface area contributed by atoms with E-state index in [1.165, 1.54) is 17.4 Å². The normalized spacial score (nSPS) is 20.6. The van der Waals surface area contributed by atoms with Crippen molar-refractivity contribution in [3.63, 3.8) is 0 Å². The lowest BCUT2D eigenvalue weighted by molar-refractivity contribution is -0.0279. The molecule has 5 nitrogen and oxygen atoms in total. The van der Waals surface area contributed by atoms with Crippen molar-refractivity contribution >= 4 is 16.1 Å². The van der Waals surface area contributed by atoms with Gasteiger partial charge in [0.25, 0.3) is 0 Å². The zero-order chi connectivity index (χ0) is 16.7. The predicted octanol–water partition coefficient (Wildman–Crippen LogP) is 1.73. The third kappa shape index (κ3) is 7.26. The van der Waals surface area contributed by atoms with Gasteiger partial charge in [0, 0.05) is 26.2 Å². The van der Waals surface area contributed by atoms with Gasteiger partial charge in [0.05, 0.1) is 19.0 Å². The van der Waals surface area contributed by atoms with E-state index in [1.807, 2.05) is 18.2 Å². The fraction of sp³-hybridized carbons (Fsp3) is 0.529. The Kier molecular flexibility index (Phi) is 6.77. The molecular formula is C17H26N2O3S. The van der Waals surface area contributed by atoms with E-state index in [0.29, 0.717) is 19.6 Å². The predicted molar refractivity (Wildman–Crippen MR) is 93.7 cm³/mol. The summed E-state index contributed by atoms with van der Waals surface area (Å²) in [5.74, 6) is 0. The Hall–Kier alpha value is -1.21. The highest BCUT2D eigenvalue weighted by atomic mass is 32.2. The number of nitrogens with zero attached hydrogens (tertiary/aromatic N) is 1. The Morgan fingerprint density at radius 3 is 2.83 bits per heavy atom. The van der Waals surface area contributed by atoms with Crippen molar-refractivity contribution in [2.75, 3.05) is 39.0 Å². The molecule has 23 heavy (non-hydrogen) atoms. The van der Waals surface area contributed by atoms with E-state index in [4.69, 9.17) is 4.74 Å². The monoisotopic (exact) mass is 338 g/mol. The molecule has 0 bridgehead atoms. The van der Waals surface area contributed by atoms with Gasteiger partial charge in [-0.1, -0.05) is 42.0 Å². The van der Waals surface area contributed by atoms with Gasteiger partial charge in [0.2, 0.25) is 10.0 Å². The van der Waals surface area contributed by atoms with Gasteiger partial charge in [-0.3, -0.25) is 4.90 Å². The standard InChI is InChI=1S/C17H26N2O3S/c1-15(12-16-6-4-3-5-7-16)13-19-10-11-22-17(14-19)8-9-18-23(2,20)21/h3-7,12,17-18H,8-11,13-14H2,1-2H3/b15-12+/t17-/m1/s1. The summed E-state index contributed by atoms with van der Waals surface area (Å²) < 4.78 is 30.4. The van der Waals surface area contributed by atoms with Crippen LogP contribution in [0.25, 0.3) is 6.08 Å². The van der Waals surface area contributed by atoms with E-state index in [0.717, 1.165) is 19.6 Å². The second-order valence-electron chi connectivity index (χ2n) is 6.08. The van der Waals surface area contributed by atoms with Crippen molar-refractivity contribution in [3.05, 3.63) is 41.5 Å². The Bertz CT molecular complexity index is 614. The maximum absolute atomic E-state index is 11.1. The van der Waals surface area contributed by atoms with Gasteiger partial charge in [-0.2, -0.15) is 0 Å². The summed E-state index contributed by atoms with van der Waals surface area (Å²) in [6.07, 6.45) is 4.17. The lowest BCUT2D eigenvalue weighted by Crippen LogP contribution is -2.44. The Morgan fingerprint density at radius 1 is 1.39 bits per heavy atom. The maximum Gasteiger partial charge on any atom is 0.208 e. The van der Waals surface area contributed by atoms with Gasteiger partial charge >= 0.3 is 0 Å². The second kappa shape index (κ2) is 8.59. The highest BCUT2D eigenvalue weighted by molar-refractivity contribution is 7.88. The molecule has 0 spiro atoms. The molecule has 1 aliphatic rings. The van der Waals surface area contributed by atoms with Crippen molar-refractivity contribution in [1.82, 2.24) is 9.62 Å². The van der Waals surface area contributed by atoms with Crippen LogP contribution in [0.4, 0.5) is 0 Å². The fourth-order valence-corrected chi connectivity index (χ4v) is 3.22. The molecule has 0 aromatic heterocycles. The average molecular weight is 338 g/mol. The zero-order valence-corrected chi connectivity index (χ0v) is 14.7. The van der Waals surface area contributed by atoms with E-state index in [2.05, 4.69) is 34.8 Å². The van der Waals surface area contributed by atoms with E-state index in [-0.39, 0.29) is 6.10 Å². The number of sulfonamides is 1. The number of rotatable bonds is 7. The molecule has 1 N–H and O–H groups in total. The van der Waals surface area contributed by atoms with Gasteiger partial charge in [0.15, 0.2) is 0 Å². The number of hydrogen-bond donors (Lipinski definition) is 1. The summed E-state index contributed by atoms with van der Waals surface area (Å²) in [4.78, 5) is 2.36. The quantitative estimate of drug-likeness (QED) is 0.823. The molecule has 1 aliphatic heterocycles. The van der Waals surface area contributed by atoms with Crippen molar-refractivity contribution in [3.8, 4) is 0 Å². The molecule has 0 saturated carbocycles. The Morgan fingerprint density at radius 2 is 2.13 bits per heavy atom. The summed E-state index contributed by atoms with van der Waals surface area (Å²) in [7, 11) is -3.12. The van der Waals surface area contributed by atoms with Crippen molar-refractivity contribution in [1.29, 1.82) is 0 Å². The average Bonchev–Trinajstić information content (AvgIpc) is 2.47. The molecule has 0 amide bonds. The minimum Gasteiger partial charge on any atom is -0.376 e. The Balaban J connectivity index is 1.80. The minimum atomic E-state index is -3.12. The SMILES string of the molecule is C/C(=C\c1ccccc1)CN1CCO[C@H](CCNS(C)(=O)=O)C1. The van der Waals surface area contributed by atoms with Gasteiger partial charge in [-0.15, -0.1) is 0 Å². The van der Waals surface area contributed by atoms with Crippen LogP contribution in [0.5, 0.6) is 0 Å². The van der Waals surface area contributed by atoms with Crippen LogP contribution < -0.4 is 4.72 Å². The van der Waals surface area contributed by atoms with E-state index in [1.54, 1.807) is 0 Å². The molecule has 1 atom stereocenters. The maximum atomic E-state index is 11.1. The van der Waals surface area contributed by atoms with Crippen LogP contribution >= 0.6 is 0 Å². The summed E-state index contributed by atoms with van der Waals surface area (Å²) in [5.41, 5.74) is 2.53. The number of ether oxygens (including phenoxy) is 1. The summed E-state index contributed by atoms with van der Waals surface area (Å²) in [6, 6.07) is 10.3. The molecular weight excluding hydrogens is 312 g/mol. The third-order valence-corrected chi connectivity index (χ3v) is 4.47. The number of benzene rings is 1. The highest BCUT2D eigenvalue weighted by Crippen LogP contribution is 2.12. The summed E-state index contributed by atoms with van der Waals surface area (Å²) in [5, 5.41) is 0. The smallest absolute Gasteiger partial charge is 0.208 e. The molecule has 128 valence electrons. The van der Waals surface area contributed by atoms with Gasteiger partial charge < -0.3 is 4.74 Å². The highest BCUT2D eigenvalue weighted by Gasteiger charge is 2.20. The van der Waals surface area contributed by atoms with Crippen LogP contribution in [0, 0.1) is 0 Å². The minimum absolute atomic E-state index is 0.0857. The van der Waals surface area contributed by atoms with Gasteiger partial charge in [0.1, 0.15) is 0 Å². The Labute approximate surface area is 139 Å². The molecule has 1 fully saturated rings. The van der Waals surface area contributed by atoms with Crippen LogP contribution in [0.3, 0.4) is 0 Å². The lowest BCUT2D eigenvalue weighted by Gasteiger charge is -2.33. The topological polar surface area (TPSA) is 58.6 Å². The first-order valence-corrected chi connectivity index (χ1v) is 9.82. The van der Waals surface area contributed by atoms with Gasteiger partial charge in [-0.05, 0) is 18.9 Å². The zero-order valence-electron chi connectivity index (χ0n) is 13.9. The molecule has 1 aromatic rings. The fourth-order valence-electron chi connectivity index (χ4n) is 2.74. The van der Waals surface area contributed by atoms with Crippen molar-refractivity contribution in [2.45, 2.75) is 19.4 Å². The molecule has 6 heteroatoms. The number of morpholine rings is 1. The molecule has 1 heterocycles. The van der Waals surface area contributed by atoms with Crippen LogP contribution in [0.1, 0.15) is 18.9 Å². The number of nitrogens with one attached hydrogen (secondary N) is 1. The van der Waals surface area contributed by atoms with Gasteiger partial charge in [-0.25, -0.2) is 13.1 Å². The van der Waals surface area contributed by atoms with Crippen molar-refractivity contribution < 1.29 is 13.2 Å². The molecule has 1 saturated heterocycles. The van der Waals surface area contributed by atoms with Crippen LogP contribution in [-0.2, 0) is 14.8 Å². The first-order chi connectivity index (χ1) is 10.9. The van der Waals surface area contributed by atoms with Crippen LogP contribution in [-0.4, -0.2) is 58.5 Å². The summed E-state index contributed by atoms with van der Waals surface area (Å²) >= 11 is 0. The van der Waals surface area contributed by atoms with E-state index >= 15 is 0 Å². The third-order valence-electron chi connectivity index (χ3n) is 3.74. The van der Waals surface area contributed by atoms with E-state index in [9.17, 15) is 8.42 Å². The van der Waals surface area contributed by atoms with Crippen molar-refractivity contribution in [2.24, 2.45) is 0 Å². The van der Waals surface area contributed by atoms with Crippen LogP contribution in [0.2, 0.25) is 0 Å². The second-order valence-corrected chi connectivity index (χ2v) is 7.92. The van der Waals surface area contributed by atoms with Crippen LogP contribution in [0.15, 0.2) is 35.9 Å². The lowest BCUT2D eigenvalue weighted by atomic mass is 10.1.